The fraction of sp³-hybridized carbons (Fsp3) is 0.270. The molecule has 2 fully saturated rings. The highest BCUT2D eigenvalue weighted by Crippen LogP contribution is 2.38. The van der Waals surface area contributed by atoms with Crippen molar-refractivity contribution in [2.24, 2.45) is 0 Å². The number of carbonyl (C=O) groups excluding carboxylic acids is 1. The highest BCUT2D eigenvalue weighted by Gasteiger charge is 2.26. The number of ether oxygens (including phenoxy) is 1. The predicted molar refractivity (Wildman–Crippen MR) is 183 cm³/mol. The van der Waals surface area contributed by atoms with Crippen LogP contribution in [0.15, 0.2) is 78.9 Å². The van der Waals surface area contributed by atoms with E-state index in [0.717, 1.165) is 67.2 Å². The summed E-state index contributed by atoms with van der Waals surface area (Å²) >= 11 is 6.13. The molecule has 2 saturated carbocycles. The molecule has 5 aromatic rings. The summed E-state index contributed by atoms with van der Waals surface area (Å²) in [7, 11) is 0. The van der Waals surface area contributed by atoms with Crippen LogP contribution in [0, 0.1) is 5.82 Å². The van der Waals surface area contributed by atoms with E-state index in [4.69, 9.17) is 21.3 Å². The molecule has 7 nitrogen and oxygen atoms in total. The van der Waals surface area contributed by atoms with Crippen LogP contribution >= 0.6 is 24.0 Å². The Morgan fingerprint density at radius 1 is 0.894 bits per heavy atom. The number of carboxylic acid groups (broad SMARTS) is 1. The van der Waals surface area contributed by atoms with Gasteiger partial charge in [0.15, 0.2) is 0 Å². The third-order valence-corrected chi connectivity index (χ3v) is 9.14. The zero-order chi connectivity index (χ0) is 31.8. The molecule has 2 N–H and O–H groups in total. The van der Waals surface area contributed by atoms with Crippen LogP contribution in [-0.2, 0) is 6.61 Å². The molecule has 10 heteroatoms. The number of nitrogens with zero attached hydrogens (tertiary/aromatic N) is 2. The standard InChI is InChI=1S/C37H33ClFN3O4.ClH/c38-26-10-6-22(7-11-26)30-15-8-23(36(43)40-27-12-13-27)18-25(30)21-46-29-14-16-31(32(39)20-29)35-41-33-19-24(37(44)45)9-17-34(33)42(35)28-4-2-1-3-5-28;/h6-11,14-20,27-28H,1-5,12-13,21H2,(H,40,43)(H,44,45);1H. The van der Waals surface area contributed by atoms with Crippen LogP contribution in [0.2, 0.25) is 5.02 Å². The largest absolute Gasteiger partial charge is 0.489 e. The van der Waals surface area contributed by atoms with Crippen LogP contribution in [0.3, 0.4) is 0 Å². The van der Waals surface area contributed by atoms with E-state index in [1.165, 1.54) is 6.07 Å². The fourth-order valence-electron chi connectivity index (χ4n) is 6.32. The smallest absolute Gasteiger partial charge is 0.335 e. The average molecular weight is 675 g/mol. The zero-order valence-corrected chi connectivity index (χ0v) is 27.1. The molecule has 2 aliphatic rings. The van der Waals surface area contributed by atoms with E-state index in [0.29, 0.717) is 33.2 Å². The topological polar surface area (TPSA) is 93.5 Å². The Bertz CT molecular complexity index is 1950. The molecule has 0 radical (unpaired) electrons. The Labute approximate surface area is 283 Å². The maximum atomic E-state index is 15.9. The van der Waals surface area contributed by atoms with Gasteiger partial charge in [0.1, 0.15) is 24.0 Å². The van der Waals surface area contributed by atoms with E-state index in [2.05, 4.69) is 9.88 Å². The SMILES string of the molecule is Cl.O=C(O)c1ccc2c(c1)nc(-c1ccc(OCc3cc(C(=O)NC4CC4)ccc3-c3ccc(Cl)cc3)cc1F)n2C1CCCCC1. The van der Waals surface area contributed by atoms with Gasteiger partial charge in [-0.3, -0.25) is 4.79 Å². The third-order valence-electron chi connectivity index (χ3n) is 8.89. The number of halogens is 3. The van der Waals surface area contributed by atoms with Gasteiger partial charge in [-0.15, -0.1) is 12.4 Å². The highest BCUT2D eigenvalue weighted by molar-refractivity contribution is 6.30. The van der Waals surface area contributed by atoms with Crippen molar-refractivity contribution in [1.29, 1.82) is 0 Å². The summed E-state index contributed by atoms with van der Waals surface area (Å²) in [6, 6.07) is 23.0. The maximum absolute atomic E-state index is 15.9. The first-order valence-electron chi connectivity index (χ1n) is 15.7. The third kappa shape index (κ3) is 6.99. The summed E-state index contributed by atoms with van der Waals surface area (Å²) in [4.78, 5) is 29.2. The lowest BCUT2D eigenvalue weighted by atomic mass is 9.94. The number of carboxylic acids is 1. The van der Waals surface area contributed by atoms with Crippen LogP contribution in [0.25, 0.3) is 33.5 Å². The molecule has 242 valence electrons. The van der Waals surface area contributed by atoms with Gasteiger partial charge < -0.3 is 19.7 Å². The average Bonchev–Trinajstić information content (AvgIpc) is 3.80. The predicted octanol–water partition coefficient (Wildman–Crippen LogP) is 9.26. The van der Waals surface area contributed by atoms with Gasteiger partial charge >= 0.3 is 5.97 Å². The second kappa shape index (κ2) is 13.8. The Hall–Kier alpha value is -4.40. The lowest BCUT2D eigenvalue weighted by molar-refractivity contribution is 0.0696. The molecule has 1 aromatic heterocycles. The minimum atomic E-state index is -1.03. The van der Waals surface area contributed by atoms with Crippen molar-refractivity contribution in [3.05, 3.63) is 106 Å². The van der Waals surface area contributed by atoms with Gasteiger partial charge in [0, 0.05) is 28.7 Å². The second-order valence-electron chi connectivity index (χ2n) is 12.2. The number of fused-ring (bicyclic) bond motifs is 1. The molecule has 7 rings (SSSR count). The van der Waals surface area contributed by atoms with Gasteiger partial charge in [0.25, 0.3) is 5.91 Å². The molecule has 2 aliphatic carbocycles. The van der Waals surface area contributed by atoms with Gasteiger partial charge in [-0.05, 0) is 97.0 Å². The molecule has 4 aromatic carbocycles. The Balaban J connectivity index is 0.00000386. The van der Waals surface area contributed by atoms with Crippen molar-refractivity contribution in [2.75, 3.05) is 0 Å². The molecular weight excluding hydrogens is 640 g/mol. The van der Waals surface area contributed by atoms with Crippen LogP contribution in [-0.4, -0.2) is 32.6 Å². The molecule has 0 unspecified atom stereocenters. The number of hydrogen-bond acceptors (Lipinski definition) is 4. The maximum Gasteiger partial charge on any atom is 0.335 e. The summed E-state index contributed by atoms with van der Waals surface area (Å²) in [6.45, 7) is 0.111. The summed E-state index contributed by atoms with van der Waals surface area (Å²) in [6.07, 6.45) is 7.21. The summed E-state index contributed by atoms with van der Waals surface area (Å²) in [5.74, 6) is -0.828. The minimum Gasteiger partial charge on any atom is -0.489 e. The van der Waals surface area contributed by atoms with Crippen molar-refractivity contribution in [2.45, 2.75) is 63.6 Å². The molecule has 0 spiro atoms. The fourth-order valence-corrected chi connectivity index (χ4v) is 6.45. The van der Waals surface area contributed by atoms with Gasteiger partial charge in [0.2, 0.25) is 0 Å². The van der Waals surface area contributed by atoms with E-state index >= 15 is 4.39 Å². The number of aromatic carboxylic acids is 1. The number of amides is 1. The first-order valence-corrected chi connectivity index (χ1v) is 16.1. The number of hydrogen-bond donors (Lipinski definition) is 2. The normalized spacial score (nSPS) is 14.9. The van der Waals surface area contributed by atoms with E-state index < -0.39 is 11.8 Å². The molecule has 1 amide bonds. The summed E-state index contributed by atoms with van der Waals surface area (Å²) in [5, 5.41) is 13.2. The first-order chi connectivity index (χ1) is 22.3. The van der Waals surface area contributed by atoms with Crippen molar-refractivity contribution >= 4 is 46.9 Å². The van der Waals surface area contributed by atoms with Gasteiger partial charge in [-0.25, -0.2) is 14.2 Å². The summed E-state index contributed by atoms with van der Waals surface area (Å²) in [5.41, 5.74) is 4.92. The minimum absolute atomic E-state index is 0. The quantitative estimate of drug-likeness (QED) is 0.163. The molecular formula is C37H34Cl2FN3O4. The molecule has 1 heterocycles. The van der Waals surface area contributed by atoms with E-state index in [-0.39, 0.29) is 42.6 Å². The number of rotatable bonds is 9. The van der Waals surface area contributed by atoms with Crippen molar-refractivity contribution < 1.29 is 23.8 Å². The Morgan fingerprint density at radius 3 is 2.32 bits per heavy atom. The van der Waals surface area contributed by atoms with Crippen LogP contribution in [0.5, 0.6) is 5.75 Å². The van der Waals surface area contributed by atoms with Crippen LogP contribution in [0.1, 0.15) is 77.3 Å². The van der Waals surface area contributed by atoms with E-state index in [1.807, 2.05) is 36.4 Å². The number of imidazole rings is 1. The first kappa shape index (κ1) is 32.5. The van der Waals surface area contributed by atoms with Crippen LogP contribution < -0.4 is 10.1 Å². The molecule has 47 heavy (non-hydrogen) atoms. The van der Waals surface area contributed by atoms with Crippen molar-refractivity contribution in [3.8, 4) is 28.3 Å². The Morgan fingerprint density at radius 2 is 1.62 bits per heavy atom. The monoisotopic (exact) mass is 673 g/mol. The zero-order valence-electron chi connectivity index (χ0n) is 25.5. The molecule has 0 atom stereocenters. The highest BCUT2D eigenvalue weighted by atomic mass is 35.5. The number of benzene rings is 4. The number of carbonyl (C=O) groups is 2. The van der Waals surface area contributed by atoms with E-state index in [9.17, 15) is 14.7 Å². The molecule has 0 aliphatic heterocycles. The number of nitrogens with one attached hydrogen (secondary N) is 1. The number of aromatic nitrogens is 2. The van der Waals surface area contributed by atoms with Crippen molar-refractivity contribution in [1.82, 2.24) is 14.9 Å². The molecule has 0 saturated heterocycles. The Kier molecular flexibility index (Phi) is 9.52. The lowest BCUT2D eigenvalue weighted by Crippen LogP contribution is -2.25. The van der Waals surface area contributed by atoms with Gasteiger partial charge in [-0.1, -0.05) is 49.1 Å². The summed E-state index contributed by atoms with van der Waals surface area (Å²) < 4.78 is 24.1. The van der Waals surface area contributed by atoms with Crippen molar-refractivity contribution in [3.63, 3.8) is 0 Å². The van der Waals surface area contributed by atoms with E-state index in [1.54, 1.807) is 36.4 Å². The van der Waals surface area contributed by atoms with Crippen LogP contribution in [0.4, 0.5) is 4.39 Å². The van der Waals surface area contributed by atoms with Gasteiger partial charge in [0.05, 0.1) is 22.2 Å². The van der Waals surface area contributed by atoms with Gasteiger partial charge in [-0.2, -0.15) is 0 Å². The second-order valence-corrected chi connectivity index (χ2v) is 12.6. The lowest BCUT2D eigenvalue weighted by Gasteiger charge is -2.25. The molecule has 0 bridgehead atoms.